The number of guanidine groups is 1. The molecule has 0 aromatic heterocycles. The Bertz CT molecular complexity index is 854. The zero-order chi connectivity index (χ0) is 22.6. The Morgan fingerprint density at radius 3 is 2.47 bits per heavy atom. The number of amides is 1. The fraction of sp³-hybridized carbons (Fsp3) is 0.417. The number of carbonyl (C=O) groups is 1. The topological polar surface area (TPSA) is 78.0 Å². The Labute approximate surface area is 189 Å². The van der Waals surface area contributed by atoms with Gasteiger partial charge in [0.15, 0.2) is 5.96 Å². The lowest BCUT2D eigenvalue weighted by Crippen LogP contribution is -2.48. The van der Waals surface area contributed by atoms with E-state index in [0.717, 1.165) is 25.1 Å². The summed E-state index contributed by atoms with van der Waals surface area (Å²) in [5.74, 6) is 0.203. The molecule has 1 fully saturated rings. The van der Waals surface area contributed by atoms with E-state index in [-0.39, 0.29) is 24.3 Å². The van der Waals surface area contributed by atoms with E-state index >= 15 is 0 Å². The number of halogens is 1. The lowest BCUT2D eigenvalue weighted by molar-refractivity contribution is -0.119. The molecule has 0 radical (unpaired) electrons. The van der Waals surface area contributed by atoms with E-state index in [1.807, 2.05) is 42.5 Å². The number of ether oxygens (including phenoxy) is 1. The molecule has 8 heteroatoms. The largest absolute Gasteiger partial charge is 0.379 e. The van der Waals surface area contributed by atoms with E-state index in [9.17, 15) is 9.18 Å². The number of aliphatic imine (C=N–C) groups is 1. The highest BCUT2D eigenvalue weighted by molar-refractivity contribution is 5.86. The second-order valence-electron chi connectivity index (χ2n) is 7.61. The van der Waals surface area contributed by atoms with E-state index in [1.54, 1.807) is 7.05 Å². The van der Waals surface area contributed by atoms with Gasteiger partial charge in [-0.1, -0.05) is 42.5 Å². The van der Waals surface area contributed by atoms with Crippen molar-refractivity contribution in [2.45, 2.75) is 12.5 Å². The second kappa shape index (κ2) is 12.8. The summed E-state index contributed by atoms with van der Waals surface area (Å²) < 4.78 is 18.9. The zero-order valence-electron chi connectivity index (χ0n) is 18.5. The third kappa shape index (κ3) is 7.62. The van der Waals surface area contributed by atoms with Crippen LogP contribution in [0, 0.1) is 5.82 Å². The molecular weight excluding hydrogens is 409 g/mol. The smallest absolute Gasteiger partial charge is 0.239 e. The Kier molecular flexibility index (Phi) is 9.46. The van der Waals surface area contributed by atoms with Crippen molar-refractivity contribution in [2.24, 2.45) is 4.99 Å². The second-order valence-corrected chi connectivity index (χ2v) is 7.61. The van der Waals surface area contributed by atoms with Crippen LogP contribution in [0.5, 0.6) is 0 Å². The van der Waals surface area contributed by atoms with Gasteiger partial charge in [-0.2, -0.15) is 0 Å². The number of benzene rings is 2. The van der Waals surface area contributed by atoms with E-state index in [4.69, 9.17) is 4.74 Å². The summed E-state index contributed by atoms with van der Waals surface area (Å²) in [5.41, 5.74) is 2.21. The highest BCUT2D eigenvalue weighted by atomic mass is 19.1. The molecule has 1 heterocycles. The number of nitrogens with zero attached hydrogens (tertiary/aromatic N) is 2. The van der Waals surface area contributed by atoms with Crippen molar-refractivity contribution < 1.29 is 13.9 Å². The summed E-state index contributed by atoms with van der Waals surface area (Å²) in [6.07, 6.45) is 0.790. The molecule has 2 aromatic carbocycles. The molecule has 1 aliphatic rings. The van der Waals surface area contributed by atoms with Crippen LogP contribution in [0.2, 0.25) is 0 Å². The molecule has 1 aliphatic heterocycles. The molecule has 0 bridgehead atoms. The van der Waals surface area contributed by atoms with Gasteiger partial charge in [-0.3, -0.25) is 14.7 Å². The summed E-state index contributed by atoms with van der Waals surface area (Å²) in [4.78, 5) is 18.7. The molecular formula is C24H32FN5O2. The van der Waals surface area contributed by atoms with Crippen LogP contribution < -0.4 is 16.0 Å². The van der Waals surface area contributed by atoms with Crippen LogP contribution in [0.4, 0.5) is 4.39 Å². The maximum Gasteiger partial charge on any atom is 0.239 e. The normalized spacial score (nSPS) is 15.8. The van der Waals surface area contributed by atoms with Crippen molar-refractivity contribution in [1.82, 2.24) is 20.9 Å². The monoisotopic (exact) mass is 441 g/mol. The molecule has 0 aliphatic carbocycles. The van der Waals surface area contributed by atoms with Crippen LogP contribution in [0.15, 0.2) is 59.6 Å². The first-order valence-electron chi connectivity index (χ1n) is 11.0. The lowest BCUT2D eigenvalue weighted by Gasteiger charge is -2.35. The number of carbonyl (C=O) groups excluding carboxylic acids is 1. The van der Waals surface area contributed by atoms with Crippen LogP contribution in [-0.4, -0.2) is 69.8 Å². The molecule has 0 saturated carbocycles. The average molecular weight is 442 g/mol. The molecule has 3 N–H and O–H groups in total. The highest BCUT2D eigenvalue weighted by Crippen LogP contribution is 2.21. The van der Waals surface area contributed by atoms with Crippen LogP contribution >= 0.6 is 0 Å². The van der Waals surface area contributed by atoms with Crippen molar-refractivity contribution in [2.75, 3.05) is 53.0 Å². The third-order valence-corrected chi connectivity index (χ3v) is 5.42. The number of rotatable bonds is 9. The molecule has 32 heavy (non-hydrogen) atoms. The van der Waals surface area contributed by atoms with E-state index < -0.39 is 0 Å². The predicted octanol–water partition coefficient (Wildman–Crippen LogP) is 1.72. The minimum atomic E-state index is -0.252. The molecule has 1 unspecified atom stereocenters. The first kappa shape index (κ1) is 23.7. The Morgan fingerprint density at radius 2 is 1.78 bits per heavy atom. The average Bonchev–Trinajstić information content (AvgIpc) is 2.83. The minimum Gasteiger partial charge on any atom is -0.379 e. The first-order valence-corrected chi connectivity index (χ1v) is 11.0. The van der Waals surface area contributed by atoms with Gasteiger partial charge in [0.05, 0.1) is 25.8 Å². The highest BCUT2D eigenvalue weighted by Gasteiger charge is 2.23. The first-order chi connectivity index (χ1) is 15.7. The molecule has 1 amide bonds. The summed E-state index contributed by atoms with van der Waals surface area (Å²) in [6, 6.07) is 16.7. The Hall–Kier alpha value is -2.97. The van der Waals surface area contributed by atoms with Gasteiger partial charge in [-0.05, 0) is 29.7 Å². The van der Waals surface area contributed by atoms with Crippen molar-refractivity contribution in [3.8, 4) is 0 Å². The van der Waals surface area contributed by atoms with Gasteiger partial charge >= 0.3 is 0 Å². The standard InChI is InChI=1S/C24H32FN5O2/c1-26-24(29-18-23(31)27-12-11-19-5-3-2-4-6-19)28-17-22(30-13-15-32-16-14-30)20-7-9-21(25)10-8-20/h2-10,22H,11-18H2,1H3,(H,27,31)(H2,26,28,29). The lowest BCUT2D eigenvalue weighted by atomic mass is 10.0. The maximum absolute atomic E-state index is 13.4. The number of hydrogen-bond donors (Lipinski definition) is 3. The van der Waals surface area contributed by atoms with Crippen molar-refractivity contribution >= 4 is 11.9 Å². The summed E-state index contributed by atoms with van der Waals surface area (Å²) in [6.45, 7) is 4.25. The van der Waals surface area contributed by atoms with E-state index in [1.165, 1.54) is 17.7 Å². The molecule has 7 nitrogen and oxygen atoms in total. The summed E-state index contributed by atoms with van der Waals surface area (Å²) >= 11 is 0. The van der Waals surface area contributed by atoms with Crippen LogP contribution in [0.3, 0.4) is 0 Å². The number of hydrogen-bond acceptors (Lipinski definition) is 4. The molecule has 0 spiro atoms. The van der Waals surface area contributed by atoms with Crippen molar-refractivity contribution in [1.29, 1.82) is 0 Å². The van der Waals surface area contributed by atoms with Crippen molar-refractivity contribution in [3.63, 3.8) is 0 Å². The Balaban J connectivity index is 1.47. The van der Waals surface area contributed by atoms with E-state index in [0.29, 0.717) is 32.3 Å². The van der Waals surface area contributed by atoms with Gasteiger partial charge in [0.1, 0.15) is 5.82 Å². The molecule has 2 aromatic rings. The fourth-order valence-corrected chi connectivity index (χ4v) is 3.66. The van der Waals surface area contributed by atoms with Gasteiger partial charge in [0.2, 0.25) is 5.91 Å². The number of morpholine rings is 1. The van der Waals surface area contributed by atoms with Crippen LogP contribution in [-0.2, 0) is 16.0 Å². The maximum atomic E-state index is 13.4. The molecule has 1 saturated heterocycles. The van der Waals surface area contributed by atoms with Gasteiger partial charge < -0.3 is 20.7 Å². The van der Waals surface area contributed by atoms with Gasteiger partial charge in [0, 0.05) is 33.2 Å². The number of nitrogens with one attached hydrogen (secondary N) is 3. The fourth-order valence-electron chi connectivity index (χ4n) is 3.66. The van der Waals surface area contributed by atoms with E-state index in [2.05, 4.69) is 25.8 Å². The Morgan fingerprint density at radius 1 is 1.06 bits per heavy atom. The van der Waals surface area contributed by atoms with Crippen molar-refractivity contribution in [3.05, 3.63) is 71.5 Å². The molecule has 172 valence electrons. The minimum absolute atomic E-state index is 0.0396. The summed E-state index contributed by atoms with van der Waals surface area (Å²) in [5, 5.41) is 9.28. The van der Waals surface area contributed by atoms with Gasteiger partial charge in [-0.25, -0.2) is 4.39 Å². The predicted molar refractivity (Wildman–Crippen MR) is 124 cm³/mol. The molecule has 1 atom stereocenters. The third-order valence-electron chi connectivity index (χ3n) is 5.42. The van der Waals surface area contributed by atoms with Crippen LogP contribution in [0.25, 0.3) is 0 Å². The SMILES string of the molecule is CN=C(NCC(=O)NCCc1ccccc1)NCC(c1ccc(F)cc1)N1CCOCC1. The molecule has 3 rings (SSSR count). The van der Waals surface area contributed by atoms with Crippen LogP contribution in [0.1, 0.15) is 17.2 Å². The van der Waals surface area contributed by atoms with Gasteiger partial charge in [0.25, 0.3) is 0 Å². The zero-order valence-corrected chi connectivity index (χ0v) is 18.5. The quantitative estimate of drug-likeness (QED) is 0.408. The van der Waals surface area contributed by atoms with Gasteiger partial charge in [-0.15, -0.1) is 0 Å². The summed E-state index contributed by atoms with van der Waals surface area (Å²) in [7, 11) is 1.67.